The molecule has 0 radical (unpaired) electrons. The fourth-order valence-corrected chi connectivity index (χ4v) is 2.77. The highest BCUT2D eigenvalue weighted by atomic mass is 32.1. The number of carbonyl (C=O) groups excluding carboxylic acids is 1. The first kappa shape index (κ1) is 17.1. The van der Waals surface area contributed by atoms with Crippen LogP contribution in [0.1, 0.15) is 45.6 Å². The summed E-state index contributed by atoms with van der Waals surface area (Å²) in [7, 11) is 0. The van der Waals surface area contributed by atoms with Crippen LogP contribution in [0.2, 0.25) is 0 Å². The zero-order chi connectivity index (χ0) is 16.5. The Kier molecular flexibility index (Phi) is 4.76. The second-order valence-electron chi connectivity index (χ2n) is 6.51. The van der Waals surface area contributed by atoms with E-state index in [0.717, 1.165) is 0 Å². The highest BCUT2D eigenvalue weighted by molar-refractivity contribution is 7.15. The van der Waals surface area contributed by atoms with Crippen molar-refractivity contribution in [2.45, 2.75) is 58.2 Å². The molecular formula is C14H22N2O5S. The molecule has 0 aliphatic carbocycles. The van der Waals surface area contributed by atoms with Crippen LogP contribution in [0.4, 0.5) is 9.93 Å². The minimum atomic E-state index is -0.853. The van der Waals surface area contributed by atoms with Crippen molar-refractivity contribution in [3.63, 3.8) is 0 Å². The maximum absolute atomic E-state index is 11.7. The summed E-state index contributed by atoms with van der Waals surface area (Å²) in [6.45, 7) is 9.24. The van der Waals surface area contributed by atoms with Crippen molar-refractivity contribution in [1.82, 2.24) is 4.98 Å². The first-order chi connectivity index (χ1) is 10.1. The predicted molar refractivity (Wildman–Crippen MR) is 81.8 cm³/mol. The third kappa shape index (κ3) is 4.64. The van der Waals surface area contributed by atoms with Gasteiger partial charge >= 0.3 is 6.09 Å². The molecule has 0 spiro atoms. The zero-order valence-electron chi connectivity index (χ0n) is 13.4. The fraction of sp³-hybridized carbons (Fsp3) is 0.714. The number of aliphatic hydroxyl groups excluding tert-OH is 1. The molecule has 0 aromatic carbocycles. The molecule has 2 N–H and O–H groups in total. The van der Waals surface area contributed by atoms with Gasteiger partial charge < -0.3 is 19.3 Å². The Labute approximate surface area is 133 Å². The smallest absolute Gasteiger partial charge is 0.413 e. The van der Waals surface area contributed by atoms with E-state index in [1.807, 2.05) is 0 Å². The van der Waals surface area contributed by atoms with Crippen molar-refractivity contribution in [1.29, 1.82) is 0 Å². The van der Waals surface area contributed by atoms with Gasteiger partial charge in [-0.15, -0.1) is 0 Å². The number of aromatic nitrogens is 1. The molecule has 2 rings (SSSR count). The number of carbonyl (C=O) groups is 1. The number of nitrogens with zero attached hydrogens (tertiary/aromatic N) is 1. The van der Waals surface area contributed by atoms with Gasteiger partial charge in [-0.05, 0) is 34.6 Å². The van der Waals surface area contributed by atoms with Crippen molar-refractivity contribution in [3.8, 4) is 0 Å². The normalized spacial score (nSPS) is 22.4. The van der Waals surface area contributed by atoms with Crippen LogP contribution < -0.4 is 5.32 Å². The van der Waals surface area contributed by atoms with Gasteiger partial charge in [-0.3, -0.25) is 5.32 Å². The molecule has 1 aromatic rings. The van der Waals surface area contributed by atoms with Crippen molar-refractivity contribution < 1.29 is 24.1 Å². The molecule has 1 amide bonds. The summed E-state index contributed by atoms with van der Waals surface area (Å²) in [6, 6.07) is 0. The molecule has 2 atom stereocenters. The van der Waals surface area contributed by atoms with Gasteiger partial charge in [0.05, 0.1) is 11.5 Å². The van der Waals surface area contributed by atoms with Crippen molar-refractivity contribution >= 4 is 22.6 Å². The van der Waals surface area contributed by atoms with Crippen LogP contribution in [0.15, 0.2) is 6.20 Å². The summed E-state index contributed by atoms with van der Waals surface area (Å²) >= 11 is 1.17. The van der Waals surface area contributed by atoms with E-state index < -0.39 is 29.7 Å². The van der Waals surface area contributed by atoms with Crippen LogP contribution in [0.25, 0.3) is 0 Å². The van der Waals surface area contributed by atoms with Gasteiger partial charge in [0.2, 0.25) is 0 Å². The van der Waals surface area contributed by atoms with Gasteiger partial charge in [-0.25, -0.2) is 9.78 Å². The number of thiazole rings is 1. The second-order valence-corrected chi connectivity index (χ2v) is 7.57. The number of rotatable bonds is 3. The molecule has 1 aliphatic heterocycles. The number of aliphatic hydroxyl groups is 1. The van der Waals surface area contributed by atoms with Crippen LogP contribution in [0, 0.1) is 0 Å². The molecule has 1 saturated heterocycles. The maximum atomic E-state index is 11.7. The zero-order valence-corrected chi connectivity index (χ0v) is 14.2. The molecule has 22 heavy (non-hydrogen) atoms. The number of amides is 1. The van der Waals surface area contributed by atoms with Gasteiger partial charge in [0.1, 0.15) is 17.8 Å². The molecular weight excluding hydrogens is 308 g/mol. The van der Waals surface area contributed by atoms with E-state index in [4.69, 9.17) is 14.2 Å². The lowest BCUT2D eigenvalue weighted by molar-refractivity contribution is -0.151. The van der Waals surface area contributed by atoms with E-state index in [9.17, 15) is 9.90 Å². The van der Waals surface area contributed by atoms with Crippen LogP contribution in [-0.2, 0) is 14.2 Å². The first-order valence-corrected chi connectivity index (χ1v) is 7.83. The van der Waals surface area contributed by atoms with E-state index in [2.05, 4.69) is 10.3 Å². The maximum Gasteiger partial charge on any atom is 0.413 e. The molecule has 0 saturated carbocycles. The topological polar surface area (TPSA) is 89.9 Å². The highest BCUT2D eigenvalue weighted by Gasteiger charge is 2.38. The van der Waals surface area contributed by atoms with Crippen LogP contribution in [0.5, 0.6) is 0 Å². The molecule has 1 fully saturated rings. The molecule has 8 heteroatoms. The Hall–Kier alpha value is -1.22. The number of anilines is 1. The number of hydrogen-bond donors (Lipinski definition) is 2. The quantitative estimate of drug-likeness (QED) is 0.885. The summed E-state index contributed by atoms with van der Waals surface area (Å²) in [6.07, 6.45) is -0.376. The van der Waals surface area contributed by atoms with Gasteiger partial charge in [-0.2, -0.15) is 0 Å². The number of ether oxygens (including phenoxy) is 3. The summed E-state index contributed by atoms with van der Waals surface area (Å²) in [5.74, 6) is -0.700. The van der Waals surface area contributed by atoms with Crippen LogP contribution >= 0.6 is 11.3 Å². The van der Waals surface area contributed by atoms with Crippen molar-refractivity contribution in [2.24, 2.45) is 0 Å². The third-order valence-corrected chi connectivity index (χ3v) is 3.79. The second kappa shape index (κ2) is 6.11. The SMILES string of the molecule is CC(C)(C)OC(=O)Nc1ncc([C@@H](O)[C@H]2COC(C)(C)O2)s1. The number of nitrogens with one attached hydrogen (secondary N) is 1. The lowest BCUT2D eigenvalue weighted by Gasteiger charge is -2.19. The van der Waals surface area contributed by atoms with Crippen LogP contribution in [-0.4, -0.2) is 40.3 Å². The lowest BCUT2D eigenvalue weighted by atomic mass is 10.2. The van der Waals surface area contributed by atoms with Gasteiger partial charge in [-0.1, -0.05) is 11.3 Å². The average molecular weight is 330 g/mol. The number of hydrogen-bond acceptors (Lipinski definition) is 7. The standard InChI is InChI=1S/C14H22N2O5S/c1-13(2,3)21-12(18)16-11-15-6-9(22-11)10(17)8-7-19-14(4,5)20-8/h6,8,10,17H,7H2,1-5H3,(H,15,16,18)/t8-,10+/m1/s1. The Morgan fingerprint density at radius 3 is 2.82 bits per heavy atom. The lowest BCUT2D eigenvalue weighted by Crippen LogP contribution is -2.27. The Morgan fingerprint density at radius 1 is 1.59 bits per heavy atom. The van der Waals surface area contributed by atoms with Gasteiger partial charge in [0.15, 0.2) is 10.9 Å². The molecule has 0 unspecified atom stereocenters. The average Bonchev–Trinajstić information content (AvgIpc) is 2.92. The highest BCUT2D eigenvalue weighted by Crippen LogP contribution is 2.34. The monoisotopic (exact) mass is 330 g/mol. The minimum Gasteiger partial charge on any atom is -0.444 e. The van der Waals surface area contributed by atoms with E-state index in [-0.39, 0.29) is 0 Å². The van der Waals surface area contributed by atoms with Crippen LogP contribution in [0.3, 0.4) is 0 Å². The molecule has 1 aromatic heterocycles. The predicted octanol–water partition coefficient (Wildman–Crippen LogP) is 2.68. The first-order valence-electron chi connectivity index (χ1n) is 7.01. The molecule has 2 heterocycles. The van der Waals surface area contributed by atoms with Gasteiger partial charge in [0.25, 0.3) is 0 Å². The minimum absolute atomic E-state index is 0.306. The molecule has 124 valence electrons. The largest absolute Gasteiger partial charge is 0.444 e. The van der Waals surface area contributed by atoms with E-state index in [0.29, 0.717) is 16.6 Å². The molecule has 1 aliphatic rings. The van der Waals surface area contributed by atoms with Gasteiger partial charge in [0, 0.05) is 6.20 Å². The Bertz CT molecular complexity index is 538. The van der Waals surface area contributed by atoms with E-state index in [1.54, 1.807) is 34.6 Å². The van der Waals surface area contributed by atoms with E-state index in [1.165, 1.54) is 17.5 Å². The summed E-state index contributed by atoms with van der Waals surface area (Å²) in [5.41, 5.74) is -0.579. The fourth-order valence-electron chi connectivity index (χ4n) is 1.93. The summed E-state index contributed by atoms with van der Waals surface area (Å²) in [4.78, 5) is 16.3. The summed E-state index contributed by atoms with van der Waals surface area (Å²) < 4.78 is 16.2. The molecule has 0 bridgehead atoms. The Morgan fingerprint density at radius 2 is 2.27 bits per heavy atom. The summed E-state index contributed by atoms with van der Waals surface area (Å²) in [5, 5.41) is 13.2. The van der Waals surface area contributed by atoms with Crippen molar-refractivity contribution in [3.05, 3.63) is 11.1 Å². The van der Waals surface area contributed by atoms with Crippen molar-refractivity contribution in [2.75, 3.05) is 11.9 Å². The van der Waals surface area contributed by atoms with E-state index >= 15 is 0 Å². The third-order valence-electron chi connectivity index (χ3n) is 2.81. The molecule has 7 nitrogen and oxygen atoms in total. The Balaban J connectivity index is 1.95.